The molecule has 0 unspecified atom stereocenters. The van der Waals surface area contributed by atoms with Crippen molar-refractivity contribution in [3.8, 4) is 0 Å². The van der Waals surface area contributed by atoms with E-state index < -0.39 is 11.9 Å². The number of carbonyl (C=O) groups is 3. The number of hydrogen-bond acceptors (Lipinski definition) is 7. The van der Waals surface area contributed by atoms with Gasteiger partial charge in [-0.2, -0.15) is 0 Å². The third-order valence-electron chi connectivity index (χ3n) is 4.15. The Kier molecular flexibility index (Phi) is 7.31. The van der Waals surface area contributed by atoms with Gasteiger partial charge in [0, 0.05) is 6.54 Å². The second-order valence-electron chi connectivity index (χ2n) is 6.45. The van der Waals surface area contributed by atoms with Crippen molar-refractivity contribution in [1.29, 1.82) is 0 Å². The molecule has 1 aromatic carbocycles. The molecule has 0 fully saturated rings. The number of carbonyl (C=O) groups excluding carboxylic acids is 3. The van der Waals surface area contributed by atoms with E-state index in [1.165, 1.54) is 19.8 Å². The zero-order valence-corrected chi connectivity index (χ0v) is 17.4. The number of amides is 1. The van der Waals surface area contributed by atoms with E-state index in [-0.39, 0.29) is 27.9 Å². The van der Waals surface area contributed by atoms with Crippen molar-refractivity contribution in [3.05, 3.63) is 51.4 Å². The number of anilines is 1. The molecule has 0 atom stereocenters. The Morgan fingerprint density at radius 2 is 1.64 bits per heavy atom. The molecule has 0 saturated carbocycles. The summed E-state index contributed by atoms with van der Waals surface area (Å²) in [7, 11) is 4.34. The molecule has 0 radical (unpaired) electrons. The first kappa shape index (κ1) is 21.6. The van der Waals surface area contributed by atoms with Gasteiger partial charge in [-0.1, -0.05) is 29.8 Å². The second kappa shape index (κ2) is 9.48. The predicted molar refractivity (Wildman–Crippen MR) is 108 cm³/mol. The Balaban J connectivity index is 2.12. The molecule has 0 bridgehead atoms. The zero-order valence-electron chi connectivity index (χ0n) is 16.6. The van der Waals surface area contributed by atoms with E-state index in [0.29, 0.717) is 12.1 Å². The molecule has 1 aromatic heterocycles. The monoisotopic (exact) mass is 404 g/mol. The molecular weight excluding hydrogens is 380 g/mol. The van der Waals surface area contributed by atoms with Crippen LogP contribution >= 0.6 is 11.3 Å². The van der Waals surface area contributed by atoms with Gasteiger partial charge in [-0.05, 0) is 32.0 Å². The molecule has 0 spiro atoms. The second-order valence-corrected chi connectivity index (χ2v) is 7.47. The maximum absolute atomic E-state index is 12.5. The highest BCUT2D eigenvalue weighted by Gasteiger charge is 2.26. The lowest BCUT2D eigenvalue weighted by Gasteiger charge is -2.16. The first-order valence-electron chi connectivity index (χ1n) is 8.60. The highest BCUT2D eigenvalue weighted by molar-refractivity contribution is 7.18. The molecule has 2 rings (SSSR count). The van der Waals surface area contributed by atoms with E-state index in [9.17, 15) is 14.4 Å². The first-order valence-corrected chi connectivity index (χ1v) is 9.42. The Hall–Kier alpha value is -2.71. The van der Waals surface area contributed by atoms with Crippen LogP contribution in [0.4, 0.5) is 5.00 Å². The molecule has 0 aliphatic rings. The van der Waals surface area contributed by atoms with Crippen LogP contribution in [-0.2, 0) is 20.8 Å². The normalized spacial score (nSPS) is 10.6. The van der Waals surface area contributed by atoms with Crippen molar-refractivity contribution < 1.29 is 23.9 Å². The summed E-state index contributed by atoms with van der Waals surface area (Å²) in [6.07, 6.45) is 0. The summed E-state index contributed by atoms with van der Waals surface area (Å²) < 4.78 is 9.53. The number of thiophene rings is 1. The van der Waals surface area contributed by atoms with Gasteiger partial charge in [-0.25, -0.2) is 9.59 Å². The van der Waals surface area contributed by atoms with Crippen LogP contribution in [0.15, 0.2) is 24.3 Å². The van der Waals surface area contributed by atoms with Crippen LogP contribution in [0.25, 0.3) is 0 Å². The van der Waals surface area contributed by atoms with E-state index >= 15 is 0 Å². The number of nitrogens with zero attached hydrogens (tertiary/aromatic N) is 1. The van der Waals surface area contributed by atoms with Crippen LogP contribution in [0.1, 0.15) is 36.7 Å². The predicted octanol–water partition coefficient (Wildman–Crippen LogP) is 3.01. The summed E-state index contributed by atoms with van der Waals surface area (Å²) in [6, 6.07) is 8.08. The molecule has 150 valence electrons. The maximum Gasteiger partial charge on any atom is 0.348 e. The fourth-order valence-corrected chi connectivity index (χ4v) is 3.84. The standard InChI is InChI=1S/C20H24N2O5S/c1-12-6-8-14(9-7-12)10-22(3)11-15(23)21-18-16(19(24)26-4)13(2)17(28-18)20(25)27-5/h6-9H,10-11H2,1-5H3,(H,21,23). The van der Waals surface area contributed by atoms with E-state index in [2.05, 4.69) is 5.32 Å². The minimum Gasteiger partial charge on any atom is -0.465 e. The molecular formula is C20H24N2O5S. The van der Waals surface area contributed by atoms with Gasteiger partial charge in [0.2, 0.25) is 5.91 Å². The lowest BCUT2D eigenvalue weighted by atomic mass is 10.1. The van der Waals surface area contributed by atoms with Crippen LogP contribution in [0.2, 0.25) is 0 Å². The van der Waals surface area contributed by atoms with Crippen molar-refractivity contribution in [2.75, 3.05) is 33.1 Å². The Morgan fingerprint density at radius 3 is 2.21 bits per heavy atom. The van der Waals surface area contributed by atoms with Crippen molar-refractivity contribution in [2.24, 2.45) is 0 Å². The number of benzene rings is 1. The number of methoxy groups -OCH3 is 2. The van der Waals surface area contributed by atoms with Gasteiger partial charge in [-0.3, -0.25) is 9.69 Å². The van der Waals surface area contributed by atoms with Crippen LogP contribution < -0.4 is 5.32 Å². The molecule has 0 aliphatic carbocycles. The Morgan fingerprint density at radius 1 is 1.04 bits per heavy atom. The van der Waals surface area contributed by atoms with Crippen LogP contribution in [0.5, 0.6) is 0 Å². The van der Waals surface area contributed by atoms with Crippen LogP contribution in [0.3, 0.4) is 0 Å². The number of esters is 2. The Bertz CT molecular complexity index is 873. The van der Waals surface area contributed by atoms with Gasteiger partial charge < -0.3 is 14.8 Å². The molecule has 2 aromatic rings. The number of ether oxygens (including phenoxy) is 2. The maximum atomic E-state index is 12.5. The van der Waals surface area contributed by atoms with E-state index in [4.69, 9.17) is 9.47 Å². The van der Waals surface area contributed by atoms with Crippen molar-refractivity contribution >= 4 is 34.2 Å². The van der Waals surface area contributed by atoms with Crippen molar-refractivity contribution in [2.45, 2.75) is 20.4 Å². The highest BCUT2D eigenvalue weighted by Crippen LogP contribution is 2.34. The minimum absolute atomic E-state index is 0.124. The van der Waals surface area contributed by atoms with Gasteiger partial charge >= 0.3 is 11.9 Å². The highest BCUT2D eigenvalue weighted by atomic mass is 32.1. The van der Waals surface area contributed by atoms with Gasteiger partial charge in [-0.15, -0.1) is 11.3 Å². The fraction of sp³-hybridized carbons (Fsp3) is 0.350. The summed E-state index contributed by atoms with van der Waals surface area (Å²) in [5.41, 5.74) is 2.86. The first-order chi connectivity index (χ1) is 13.3. The zero-order chi connectivity index (χ0) is 20.8. The molecule has 28 heavy (non-hydrogen) atoms. The number of hydrogen-bond donors (Lipinski definition) is 1. The molecule has 1 amide bonds. The smallest absolute Gasteiger partial charge is 0.348 e. The molecule has 0 saturated heterocycles. The van der Waals surface area contributed by atoms with E-state index in [0.717, 1.165) is 16.9 Å². The largest absolute Gasteiger partial charge is 0.465 e. The lowest BCUT2D eigenvalue weighted by molar-refractivity contribution is -0.117. The Labute approximate surface area is 168 Å². The number of rotatable bonds is 7. The average molecular weight is 404 g/mol. The summed E-state index contributed by atoms with van der Waals surface area (Å²) in [5, 5.41) is 3.00. The number of nitrogens with one attached hydrogen (secondary N) is 1. The number of aryl methyl sites for hydroxylation is 1. The summed E-state index contributed by atoms with van der Waals surface area (Å²) in [6.45, 7) is 4.37. The average Bonchev–Trinajstić information content (AvgIpc) is 2.98. The van der Waals surface area contributed by atoms with Gasteiger partial charge in [0.25, 0.3) is 0 Å². The van der Waals surface area contributed by atoms with Gasteiger partial charge in [0.1, 0.15) is 9.88 Å². The minimum atomic E-state index is -0.618. The summed E-state index contributed by atoms with van der Waals surface area (Å²) in [4.78, 5) is 38.6. The number of likely N-dealkylation sites (N-methyl/N-ethyl adjacent to an activating group) is 1. The molecule has 1 heterocycles. The molecule has 0 aliphatic heterocycles. The van der Waals surface area contributed by atoms with Crippen molar-refractivity contribution in [3.63, 3.8) is 0 Å². The molecule has 7 nitrogen and oxygen atoms in total. The third-order valence-corrected chi connectivity index (χ3v) is 5.33. The summed E-state index contributed by atoms with van der Waals surface area (Å²) in [5.74, 6) is -1.48. The van der Waals surface area contributed by atoms with E-state index in [1.54, 1.807) is 6.92 Å². The van der Waals surface area contributed by atoms with Crippen LogP contribution in [-0.4, -0.2) is 50.6 Å². The van der Waals surface area contributed by atoms with Crippen molar-refractivity contribution in [1.82, 2.24) is 4.90 Å². The van der Waals surface area contributed by atoms with Gasteiger partial charge in [0.05, 0.1) is 26.3 Å². The fourth-order valence-electron chi connectivity index (χ4n) is 2.71. The topological polar surface area (TPSA) is 84.9 Å². The summed E-state index contributed by atoms with van der Waals surface area (Å²) >= 11 is 0.998. The molecule has 8 heteroatoms. The SMILES string of the molecule is COC(=O)c1sc(NC(=O)CN(C)Cc2ccc(C)cc2)c(C(=O)OC)c1C. The van der Waals surface area contributed by atoms with E-state index in [1.807, 2.05) is 43.1 Å². The quantitative estimate of drug-likeness (QED) is 0.714. The lowest BCUT2D eigenvalue weighted by Crippen LogP contribution is -2.30. The van der Waals surface area contributed by atoms with Gasteiger partial charge in [0.15, 0.2) is 0 Å². The van der Waals surface area contributed by atoms with Crippen LogP contribution in [0, 0.1) is 13.8 Å². The third kappa shape index (κ3) is 5.17. The molecule has 1 N–H and O–H groups in total.